The summed E-state index contributed by atoms with van der Waals surface area (Å²) in [4.78, 5) is 30.8. The average Bonchev–Trinajstić information content (AvgIpc) is 3.14. The summed E-state index contributed by atoms with van der Waals surface area (Å²) in [6.45, 7) is 6.35. The fourth-order valence-electron chi connectivity index (χ4n) is 3.12. The third-order valence-electron chi connectivity index (χ3n) is 4.59. The first-order chi connectivity index (χ1) is 14.6. The summed E-state index contributed by atoms with van der Waals surface area (Å²) in [6, 6.07) is 9.69. The highest BCUT2D eigenvalue weighted by Gasteiger charge is 2.25. The standard InChI is InChI=1S/C21H27N3O5S/c1-3-27-20(25)18-19(23-15(2)30-18)28-12-9-17-13-24(11-10-22-17)21(26)29-14-16-7-5-4-6-8-16/h4-8,17,22H,3,9-14H2,1-2H3/t17-/m1/s1. The van der Waals surface area contributed by atoms with Crippen LogP contribution in [0.1, 0.15) is 33.6 Å². The summed E-state index contributed by atoms with van der Waals surface area (Å²) in [5.74, 6) is -0.105. The molecule has 9 heteroatoms. The van der Waals surface area contributed by atoms with Gasteiger partial charge in [-0.1, -0.05) is 30.3 Å². The Morgan fingerprint density at radius 1 is 1.27 bits per heavy atom. The summed E-state index contributed by atoms with van der Waals surface area (Å²) in [6.07, 6.45) is 0.354. The molecule has 0 bridgehead atoms. The third kappa shape index (κ3) is 6.17. The smallest absolute Gasteiger partial charge is 0.410 e. The van der Waals surface area contributed by atoms with Crippen LogP contribution in [-0.4, -0.2) is 60.8 Å². The molecule has 1 aromatic carbocycles. The van der Waals surface area contributed by atoms with Crippen LogP contribution in [0, 0.1) is 6.92 Å². The molecule has 0 spiro atoms. The zero-order chi connectivity index (χ0) is 21.3. The molecule has 162 valence electrons. The summed E-state index contributed by atoms with van der Waals surface area (Å²) >= 11 is 1.26. The molecular formula is C21H27N3O5S. The number of hydrogen-bond donors (Lipinski definition) is 1. The van der Waals surface area contributed by atoms with Crippen molar-refractivity contribution in [1.82, 2.24) is 15.2 Å². The SMILES string of the molecule is CCOC(=O)c1sc(C)nc1OCC[C@@H]1CN(C(=O)OCc2ccccc2)CCN1. The van der Waals surface area contributed by atoms with E-state index in [0.717, 1.165) is 10.6 Å². The molecule has 0 saturated carbocycles. The second-order valence-electron chi connectivity index (χ2n) is 6.86. The molecule has 30 heavy (non-hydrogen) atoms. The highest BCUT2D eigenvalue weighted by atomic mass is 32.1. The van der Waals surface area contributed by atoms with Crippen LogP contribution in [0.15, 0.2) is 30.3 Å². The third-order valence-corrected chi connectivity index (χ3v) is 5.52. The molecule has 2 heterocycles. The van der Waals surface area contributed by atoms with Crippen molar-refractivity contribution >= 4 is 23.4 Å². The van der Waals surface area contributed by atoms with Crippen LogP contribution in [0.4, 0.5) is 4.79 Å². The highest BCUT2D eigenvalue weighted by molar-refractivity contribution is 7.13. The molecule has 1 aromatic heterocycles. The monoisotopic (exact) mass is 433 g/mol. The van der Waals surface area contributed by atoms with Crippen molar-refractivity contribution in [3.63, 3.8) is 0 Å². The number of ether oxygens (including phenoxy) is 3. The number of piperazine rings is 1. The molecule has 0 aliphatic carbocycles. The normalized spacial score (nSPS) is 16.2. The number of benzene rings is 1. The Balaban J connectivity index is 1.45. The topological polar surface area (TPSA) is 90.0 Å². The van der Waals surface area contributed by atoms with Crippen LogP contribution in [-0.2, 0) is 16.1 Å². The Morgan fingerprint density at radius 2 is 2.07 bits per heavy atom. The van der Waals surface area contributed by atoms with E-state index in [1.807, 2.05) is 37.3 Å². The second kappa shape index (κ2) is 10.9. The highest BCUT2D eigenvalue weighted by Crippen LogP contribution is 2.26. The number of esters is 1. The molecular weight excluding hydrogens is 406 g/mol. The van der Waals surface area contributed by atoms with Gasteiger partial charge in [-0.15, -0.1) is 11.3 Å². The van der Waals surface area contributed by atoms with Gasteiger partial charge in [0.25, 0.3) is 0 Å². The van der Waals surface area contributed by atoms with Gasteiger partial charge in [-0.3, -0.25) is 0 Å². The van der Waals surface area contributed by atoms with Gasteiger partial charge >= 0.3 is 12.1 Å². The fourth-order valence-corrected chi connectivity index (χ4v) is 3.88. The lowest BCUT2D eigenvalue weighted by Gasteiger charge is -2.33. The Morgan fingerprint density at radius 3 is 2.83 bits per heavy atom. The molecule has 8 nitrogen and oxygen atoms in total. The maximum atomic E-state index is 12.4. The van der Waals surface area contributed by atoms with Crippen molar-refractivity contribution in [1.29, 1.82) is 0 Å². The van der Waals surface area contributed by atoms with Crippen LogP contribution < -0.4 is 10.1 Å². The minimum Gasteiger partial charge on any atom is -0.476 e. The summed E-state index contributed by atoms with van der Waals surface area (Å²) in [5.41, 5.74) is 0.960. The van der Waals surface area contributed by atoms with Crippen molar-refractivity contribution in [2.75, 3.05) is 32.8 Å². The summed E-state index contributed by atoms with van der Waals surface area (Å²) < 4.78 is 16.2. The zero-order valence-corrected chi connectivity index (χ0v) is 18.1. The fraction of sp³-hybridized carbons (Fsp3) is 0.476. The lowest BCUT2D eigenvalue weighted by molar-refractivity contribution is 0.0526. The van der Waals surface area contributed by atoms with Crippen LogP contribution in [0.25, 0.3) is 0 Å². The average molecular weight is 434 g/mol. The van der Waals surface area contributed by atoms with Gasteiger partial charge in [-0.05, 0) is 25.8 Å². The van der Waals surface area contributed by atoms with Crippen LogP contribution >= 0.6 is 11.3 Å². The maximum absolute atomic E-state index is 12.4. The number of amides is 1. The van der Waals surface area contributed by atoms with E-state index < -0.39 is 5.97 Å². The summed E-state index contributed by atoms with van der Waals surface area (Å²) in [7, 11) is 0. The van der Waals surface area contributed by atoms with Gasteiger partial charge in [0, 0.05) is 25.7 Å². The van der Waals surface area contributed by atoms with Crippen LogP contribution in [0.3, 0.4) is 0 Å². The van der Waals surface area contributed by atoms with E-state index in [0.29, 0.717) is 50.0 Å². The summed E-state index contributed by atoms with van der Waals surface area (Å²) in [5, 5.41) is 4.13. The van der Waals surface area contributed by atoms with Gasteiger partial charge in [0.05, 0.1) is 18.2 Å². The van der Waals surface area contributed by atoms with E-state index in [1.54, 1.807) is 11.8 Å². The Labute approximate surface area is 180 Å². The Kier molecular flexibility index (Phi) is 8.04. The van der Waals surface area contributed by atoms with Gasteiger partial charge in [-0.25, -0.2) is 14.6 Å². The predicted molar refractivity (Wildman–Crippen MR) is 113 cm³/mol. The number of hydrogen-bond acceptors (Lipinski definition) is 8. The quantitative estimate of drug-likeness (QED) is 0.640. The van der Waals surface area contributed by atoms with E-state index >= 15 is 0 Å². The van der Waals surface area contributed by atoms with E-state index in [4.69, 9.17) is 14.2 Å². The van der Waals surface area contributed by atoms with Gasteiger partial charge in [0.2, 0.25) is 5.88 Å². The predicted octanol–water partition coefficient (Wildman–Crippen LogP) is 3.01. The first-order valence-corrected chi connectivity index (χ1v) is 10.8. The number of aromatic nitrogens is 1. The van der Waals surface area contributed by atoms with Crippen molar-refractivity contribution in [3.8, 4) is 5.88 Å². The largest absolute Gasteiger partial charge is 0.476 e. The number of rotatable bonds is 8. The number of carbonyl (C=O) groups is 2. The molecule has 1 aliphatic rings. The van der Waals surface area contributed by atoms with Gasteiger partial charge in [0.15, 0.2) is 4.88 Å². The minimum absolute atomic E-state index is 0.0776. The van der Waals surface area contributed by atoms with Gasteiger partial charge in [0.1, 0.15) is 6.61 Å². The number of nitrogens with one attached hydrogen (secondary N) is 1. The Bertz CT molecular complexity index is 842. The van der Waals surface area contributed by atoms with Gasteiger partial charge < -0.3 is 24.4 Å². The molecule has 3 rings (SSSR count). The molecule has 1 amide bonds. The number of nitrogens with zero attached hydrogens (tertiary/aromatic N) is 2. The van der Waals surface area contributed by atoms with Crippen molar-refractivity contribution in [3.05, 3.63) is 45.8 Å². The van der Waals surface area contributed by atoms with E-state index in [2.05, 4.69) is 10.3 Å². The minimum atomic E-state index is -0.416. The van der Waals surface area contributed by atoms with E-state index in [-0.39, 0.29) is 18.7 Å². The molecule has 0 unspecified atom stereocenters. The maximum Gasteiger partial charge on any atom is 0.410 e. The van der Waals surface area contributed by atoms with Crippen LogP contribution in [0.2, 0.25) is 0 Å². The molecule has 1 fully saturated rings. The first-order valence-electron chi connectivity index (χ1n) is 10.0. The van der Waals surface area contributed by atoms with E-state index in [1.165, 1.54) is 11.3 Å². The number of thiazole rings is 1. The lowest BCUT2D eigenvalue weighted by atomic mass is 10.1. The van der Waals surface area contributed by atoms with Crippen molar-refractivity contribution in [2.45, 2.75) is 32.9 Å². The molecule has 1 atom stereocenters. The molecule has 1 aliphatic heterocycles. The molecule has 0 radical (unpaired) electrons. The Hall–Kier alpha value is -2.65. The number of aryl methyl sites for hydroxylation is 1. The molecule has 1 saturated heterocycles. The molecule has 1 N–H and O–H groups in total. The zero-order valence-electron chi connectivity index (χ0n) is 17.3. The second-order valence-corrected chi connectivity index (χ2v) is 8.07. The van der Waals surface area contributed by atoms with Gasteiger partial charge in [-0.2, -0.15) is 0 Å². The lowest BCUT2D eigenvalue weighted by Crippen LogP contribution is -2.53. The first kappa shape index (κ1) is 22.0. The molecule has 2 aromatic rings. The van der Waals surface area contributed by atoms with E-state index in [9.17, 15) is 9.59 Å². The van der Waals surface area contributed by atoms with Crippen molar-refractivity contribution in [2.24, 2.45) is 0 Å². The number of carbonyl (C=O) groups excluding carboxylic acids is 2. The van der Waals surface area contributed by atoms with Crippen LogP contribution in [0.5, 0.6) is 5.88 Å². The van der Waals surface area contributed by atoms with Crippen molar-refractivity contribution < 1.29 is 23.8 Å².